The quantitative estimate of drug-likeness (QED) is 0.391. The molecule has 0 saturated heterocycles. The lowest BCUT2D eigenvalue weighted by molar-refractivity contribution is -0.115. The first-order valence-corrected chi connectivity index (χ1v) is 11.3. The zero-order valence-electron chi connectivity index (χ0n) is 17.7. The predicted octanol–water partition coefficient (Wildman–Crippen LogP) is 6.72. The number of anilines is 2. The van der Waals surface area contributed by atoms with E-state index in [1.54, 1.807) is 18.2 Å². The molecule has 0 saturated carbocycles. The van der Waals surface area contributed by atoms with E-state index in [1.165, 1.54) is 11.8 Å². The van der Waals surface area contributed by atoms with Crippen LogP contribution in [0.5, 0.6) is 0 Å². The highest BCUT2D eigenvalue weighted by atomic mass is 35.5. The molecular formula is C25H25ClN2O2S. The average Bonchev–Trinajstić information content (AvgIpc) is 2.76. The van der Waals surface area contributed by atoms with Crippen LogP contribution in [0.3, 0.4) is 0 Å². The molecule has 0 spiro atoms. The monoisotopic (exact) mass is 452 g/mol. The molecule has 3 aromatic carbocycles. The number of thioether (sulfide) groups is 1. The van der Waals surface area contributed by atoms with E-state index in [0.29, 0.717) is 22.7 Å². The number of aryl methyl sites for hydroxylation is 1. The summed E-state index contributed by atoms with van der Waals surface area (Å²) in [4.78, 5) is 26.2. The van der Waals surface area contributed by atoms with Gasteiger partial charge in [-0.2, -0.15) is 0 Å². The largest absolute Gasteiger partial charge is 0.325 e. The van der Waals surface area contributed by atoms with Crippen molar-refractivity contribution in [2.24, 2.45) is 0 Å². The van der Waals surface area contributed by atoms with E-state index in [-0.39, 0.29) is 17.1 Å². The van der Waals surface area contributed by atoms with E-state index in [2.05, 4.69) is 10.6 Å². The molecule has 0 aliphatic rings. The second kappa shape index (κ2) is 10.5. The van der Waals surface area contributed by atoms with Gasteiger partial charge in [-0.15, -0.1) is 11.8 Å². The van der Waals surface area contributed by atoms with Gasteiger partial charge < -0.3 is 10.6 Å². The van der Waals surface area contributed by atoms with Gasteiger partial charge in [0.2, 0.25) is 5.91 Å². The molecule has 4 nitrogen and oxygen atoms in total. The van der Waals surface area contributed by atoms with E-state index < -0.39 is 0 Å². The highest BCUT2D eigenvalue weighted by molar-refractivity contribution is 8.00. The van der Waals surface area contributed by atoms with Crippen LogP contribution < -0.4 is 10.6 Å². The molecule has 0 radical (unpaired) electrons. The van der Waals surface area contributed by atoms with Gasteiger partial charge in [-0.1, -0.05) is 48.4 Å². The molecule has 0 aromatic heterocycles. The lowest BCUT2D eigenvalue weighted by Crippen LogP contribution is -2.25. The van der Waals surface area contributed by atoms with Gasteiger partial charge in [0, 0.05) is 26.9 Å². The topological polar surface area (TPSA) is 58.2 Å². The molecule has 0 aliphatic heterocycles. The summed E-state index contributed by atoms with van der Waals surface area (Å²) in [6.07, 6.45) is 0.663. The first-order valence-electron chi connectivity index (χ1n) is 10.1. The smallest absolute Gasteiger partial charge is 0.255 e. The SMILES string of the molecule is CCC(Sc1cccc(NC(=O)c2ccc(C)cc2)c1)C(=O)Nc1cccc(Cl)c1C. The van der Waals surface area contributed by atoms with Crippen LogP contribution in [0.25, 0.3) is 0 Å². The number of amides is 2. The van der Waals surface area contributed by atoms with Gasteiger partial charge in [0.15, 0.2) is 0 Å². The lowest BCUT2D eigenvalue weighted by Gasteiger charge is -2.17. The van der Waals surface area contributed by atoms with Crippen molar-refractivity contribution in [1.82, 2.24) is 0 Å². The second-order valence-electron chi connectivity index (χ2n) is 7.26. The molecule has 6 heteroatoms. The van der Waals surface area contributed by atoms with Crippen LogP contribution in [0.15, 0.2) is 71.6 Å². The van der Waals surface area contributed by atoms with Gasteiger partial charge >= 0.3 is 0 Å². The van der Waals surface area contributed by atoms with E-state index in [1.807, 2.05) is 69.3 Å². The summed E-state index contributed by atoms with van der Waals surface area (Å²) >= 11 is 7.63. The van der Waals surface area contributed by atoms with E-state index >= 15 is 0 Å². The Morgan fingerprint density at radius 1 is 0.968 bits per heavy atom. The highest BCUT2D eigenvalue weighted by Gasteiger charge is 2.19. The molecular weight excluding hydrogens is 428 g/mol. The van der Waals surface area contributed by atoms with Crippen molar-refractivity contribution >= 4 is 46.6 Å². The number of hydrogen-bond acceptors (Lipinski definition) is 3. The Morgan fingerprint density at radius 2 is 1.68 bits per heavy atom. The van der Waals surface area contributed by atoms with Crippen LogP contribution in [-0.2, 0) is 4.79 Å². The lowest BCUT2D eigenvalue weighted by atomic mass is 10.1. The molecule has 3 rings (SSSR count). The first-order chi connectivity index (χ1) is 14.9. The van der Waals surface area contributed by atoms with Gasteiger partial charge in [0.1, 0.15) is 0 Å². The summed E-state index contributed by atoms with van der Waals surface area (Å²) in [6, 6.07) is 20.4. The van der Waals surface area contributed by atoms with Crippen molar-refractivity contribution in [2.45, 2.75) is 37.3 Å². The van der Waals surface area contributed by atoms with Gasteiger partial charge in [0.25, 0.3) is 5.91 Å². The minimum Gasteiger partial charge on any atom is -0.325 e. The number of hydrogen-bond donors (Lipinski definition) is 2. The summed E-state index contributed by atoms with van der Waals surface area (Å²) in [5.74, 6) is -0.240. The molecule has 2 N–H and O–H groups in total. The molecule has 3 aromatic rings. The number of rotatable bonds is 7. The van der Waals surface area contributed by atoms with Crippen molar-refractivity contribution in [2.75, 3.05) is 10.6 Å². The third kappa shape index (κ3) is 6.12. The normalized spacial score (nSPS) is 11.6. The fourth-order valence-corrected chi connectivity index (χ4v) is 4.19. The highest BCUT2D eigenvalue weighted by Crippen LogP contribution is 2.30. The van der Waals surface area contributed by atoms with Crippen molar-refractivity contribution in [3.8, 4) is 0 Å². The minimum atomic E-state index is -0.276. The molecule has 0 fully saturated rings. The summed E-state index contributed by atoms with van der Waals surface area (Å²) in [5, 5.41) is 6.25. The standard InChI is InChI=1S/C25H25ClN2O2S/c1-4-23(25(30)28-22-10-6-9-21(26)17(22)3)31-20-8-5-7-19(15-20)27-24(29)18-13-11-16(2)12-14-18/h5-15,23H,4H2,1-3H3,(H,27,29)(H,28,30). The van der Waals surface area contributed by atoms with E-state index in [0.717, 1.165) is 21.7 Å². The molecule has 2 amide bonds. The maximum atomic E-state index is 12.8. The molecule has 1 unspecified atom stereocenters. The maximum Gasteiger partial charge on any atom is 0.255 e. The fourth-order valence-electron chi connectivity index (χ4n) is 3.00. The van der Waals surface area contributed by atoms with Crippen LogP contribution >= 0.6 is 23.4 Å². The average molecular weight is 453 g/mol. The molecule has 0 bridgehead atoms. The molecule has 1 atom stereocenters. The Balaban J connectivity index is 1.68. The van der Waals surface area contributed by atoms with Crippen LogP contribution in [0.4, 0.5) is 11.4 Å². The first kappa shape index (κ1) is 22.9. The Bertz CT molecular complexity index is 1080. The Morgan fingerprint density at radius 3 is 2.39 bits per heavy atom. The Kier molecular flexibility index (Phi) is 7.77. The number of nitrogens with one attached hydrogen (secondary N) is 2. The number of halogens is 1. The predicted molar refractivity (Wildman–Crippen MR) is 130 cm³/mol. The zero-order chi connectivity index (χ0) is 22.4. The minimum absolute atomic E-state index is 0.0769. The molecule has 160 valence electrons. The molecule has 0 aliphatic carbocycles. The van der Waals surface area contributed by atoms with Gasteiger partial charge in [-0.25, -0.2) is 0 Å². The second-order valence-corrected chi connectivity index (χ2v) is 8.95. The zero-order valence-corrected chi connectivity index (χ0v) is 19.3. The van der Waals surface area contributed by atoms with Crippen LogP contribution in [-0.4, -0.2) is 17.1 Å². The summed E-state index contributed by atoms with van der Waals surface area (Å²) in [5.41, 5.74) is 3.96. The van der Waals surface area contributed by atoms with Crippen LogP contribution in [0.1, 0.15) is 34.8 Å². The third-order valence-corrected chi connectivity index (χ3v) is 6.64. The van der Waals surface area contributed by atoms with Crippen LogP contribution in [0.2, 0.25) is 5.02 Å². The number of benzene rings is 3. The van der Waals surface area contributed by atoms with Crippen molar-refractivity contribution in [1.29, 1.82) is 0 Å². The third-order valence-electron chi connectivity index (χ3n) is 4.87. The molecule has 31 heavy (non-hydrogen) atoms. The Hall–Kier alpha value is -2.76. The van der Waals surface area contributed by atoms with E-state index in [4.69, 9.17) is 11.6 Å². The maximum absolute atomic E-state index is 12.8. The molecule has 0 heterocycles. The van der Waals surface area contributed by atoms with Crippen molar-refractivity contribution < 1.29 is 9.59 Å². The van der Waals surface area contributed by atoms with Crippen LogP contribution in [0, 0.1) is 13.8 Å². The Labute approximate surface area is 192 Å². The summed E-state index contributed by atoms with van der Waals surface area (Å²) < 4.78 is 0. The summed E-state index contributed by atoms with van der Waals surface area (Å²) in [7, 11) is 0. The fraction of sp³-hybridized carbons (Fsp3) is 0.200. The van der Waals surface area contributed by atoms with Gasteiger partial charge in [-0.05, 0) is 68.3 Å². The van der Waals surface area contributed by atoms with Crippen molar-refractivity contribution in [3.05, 3.63) is 88.4 Å². The van der Waals surface area contributed by atoms with Gasteiger partial charge in [-0.3, -0.25) is 9.59 Å². The van der Waals surface area contributed by atoms with Crippen molar-refractivity contribution in [3.63, 3.8) is 0 Å². The number of carbonyl (C=O) groups excluding carboxylic acids is 2. The number of carbonyl (C=O) groups is 2. The van der Waals surface area contributed by atoms with E-state index in [9.17, 15) is 9.59 Å². The summed E-state index contributed by atoms with van der Waals surface area (Å²) in [6.45, 7) is 5.84. The van der Waals surface area contributed by atoms with Gasteiger partial charge in [0.05, 0.1) is 5.25 Å².